The predicted molar refractivity (Wildman–Crippen MR) is 81.7 cm³/mol. The van der Waals surface area contributed by atoms with Crippen molar-refractivity contribution < 1.29 is 13.2 Å². The lowest BCUT2D eigenvalue weighted by Gasteiger charge is -2.32. The van der Waals surface area contributed by atoms with Gasteiger partial charge in [-0.05, 0) is 44.9 Å². The Morgan fingerprint density at radius 3 is 2.38 bits per heavy atom. The van der Waals surface area contributed by atoms with Gasteiger partial charge in [-0.1, -0.05) is 0 Å². The predicted octanol–water partition coefficient (Wildman–Crippen LogP) is 0.943. The maximum Gasteiger partial charge on any atom is 0.223 e. The minimum absolute atomic E-state index is 0.0917. The van der Waals surface area contributed by atoms with E-state index >= 15 is 0 Å². The van der Waals surface area contributed by atoms with Gasteiger partial charge in [0, 0.05) is 31.1 Å². The largest absolute Gasteiger partial charge is 0.339 e. The van der Waals surface area contributed by atoms with Gasteiger partial charge in [-0.25, -0.2) is 8.42 Å². The Labute approximate surface area is 127 Å². The third-order valence-electron chi connectivity index (χ3n) is 5.34. The first-order chi connectivity index (χ1) is 9.97. The standard InChI is InChI=1S/C15H26N2O3S/c1-2-17(14-5-6-21(19,20)10-14)15(18)9-11-7-12-3-4-13(8-11)16-12/h11-14,16H,2-10H2,1H3. The third kappa shape index (κ3) is 3.42. The molecule has 0 saturated carbocycles. The van der Waals surface area contributed by atoms with Gasteiger partial charge in [0.15, 0.2) is 9.84 Å². The lowest BCUT2D eigenvalue weighted by molar-refractivity contribution is -0.134. The molecule has 5 nitrogen and oxygen atoms in total. The molecular formula is C15H26N2O3S. The Hall–Kier alpha value is -0.620. The van der Waals surface area contributed by atoms with Crippen LogP contribution < -0.4 is 5.32 Å². The molecule has 120 valence electrons. The summed E-state index contributed by atoms with van der Waals surface area (Å²) in [6, 6.07) is 1.11. The summed E-state index contributed by atoms with van der Waals surface area (Å²) in [6.45, 7) is 2.58. The lowest BCUT2D eigenvalue weighted by atomic mass is 9.89. The summed E-state index contributed by atoms with van der Waals surface area (Å²) in [6.07, 6.45) is 5.89. The van der Waals surface area contributed by atoms with Crippen molar-refractivity contribution in [2.24, 2.45) is 5.92 Å². The van der Waals surface area contributed by atoms with E-state index in [-0.39, 0.29) is 23.5 Å². The van der Waals surface area contributed by atoms with Crippen molar-refractivity contribution in [2.45, 2.75) is 63.6 Å². The summed E-state index contributed by atoms with van der Waals surface area (Å²) in [5, 5.41) is 3.60. The molecule has 0 radical (unpaired) electrons. The van der Waals surface area contributed by atoms with Gasteiger partial charge in [0.1, 0.15) is 0 Å². The first kappa shape index (κ1) is 15.3. The van der Waals surface area contributed by atoms with Crippen LogP contribution in [0.15, 0.2) is 0 Å². The van der Waals surface area contributed by atoms with E-state index in [9.17, 15) is 13.2 Å². The maximum absolute atomic E-state index is 12.6. The molecule has 0 aromatic carbocycles. The van der Waals surface area contributed by atoms with Crippen LogP contribution in [0.2, 0.25) is 0 Å². The molecule has 3 aliphatic heterocycles. The van der Waals surface area contributed by atoms with E-state index in [0.29, 0.717) is 37.4 Å². The van der Waals surface area contributed by atoms with E-state index in [1.165, 1.54) is 12.8 Å². The Morgan fingerprint density at radius 1 is 1.19 bits per heavy atom. The van der Waals surface area contributed by atoms with E-state index in [2.05, 4.69) is 5.32 Å². The molecular weight excluding hydrogens is 288 g/mol. The fourth-order valence-corrected chi connectivity index (χ4v) is 6.10. The third-order valence-corrected chi connectivity index (χ3v) is 7.09. The van der Waals surface area contributed by atoms with Gasteiger partial charge in [0.25, 0.3) is 0 Å². The summed E-state index contributed by atoms with van der Waals surface area (Å²) in [4.78, 5) is 14.4. The average molecular weight is 314 g/mol. The molecule has 0 aromatic heterocycles. The zero-order valence-electron chi connectivity index (χ0n) is 12.8. The Morgan fingerprint density at radius 2 is 1.86 bits per heavy atom. The molecule has 1 amide bonds. The van der Waals surface area contributed by atoms with Crippen LogP contribution in [-0.2, 0) is 14.6 Å². The summed E-state index contributed by atoms with van der Waals surface area (Å²) in [5.74, 6) is 1.03. The topological polar surface area (TPSA) is 66.5 Å². The van der Waals surface area contributed by atoms with Gasteiger partial charge in [-0.15, -0.1) is 0 Å². The SMILES string of the molecule is CCN(C(=O)CC1CC2CCC(C1)N2)C1CCS(=O)(=O)C1. The second-order valence-corrected chi connectivity index (χ2v) is 9.14. The molecule has 3 aliphatic rings. The Bertz CT molecular complexity index is 493. The van der Waals surface area contributed by atoms with Crippen molar-refractivity contribution >= 4 is 15.7 Å². The highest BCUT2D eigenvalue weighted by Crippen LogP contribution is 2.33. The van der Waals surface area contributed by atoms with Crippen molar-refractivity contribution in [1.82, 2.24) is 10.2 Å². The average Bonchev–Trinajstić information content (AvgIpc) is 2.93. The fraction of sp³-hybridized carbons (Fsp3) is 0.933. The van der Waals surface area contributed by atoms with E-state index in [0.717, 1.165) is 12.8 Å². The van der Waals surface area contributed by atoms with Crippen molar-refractivity contribution in [3.63, 3.8) is 0 Å². The van der Waals surface area contributed by atoms with Gasteiger partial charge in [0.05, 0.1) is 11.5 Å². The Kier molecular flexibility index (Phi) is 4.28. The minimum atomic E-state index is -2.93. The highest BCUT2D eigenvalue weighted by atomic mass is 32.2. The van der Waals surface area contributed by atoms with Crippen LogP contribution in [0.1, 0.15) is 45.4 Å². The molecule has 2 bridgehead atoms. The first-order valence-electron chi connectivity index (χ1n) is 8.23. The smallest absolute Gasteiger partial charge is 0.223 e. The number of sulfone groups is 1. The molecule has 0 aromatic rings. The first-order valence-corrected chi connectivity index (χ1v) is 10.0. The van der Waals surface area contributed by atoms with E-state index < -0.39 is 9.84 Å². The number of carbonyl (C=O) groups is 1. The Balaban J connectivity index is 1.58. The number of nitrogens with zero attached hydrogens (tertiary/aromatic N) is 1. The highest BCUT2D eigenvalue weighted by molar-refractivity contribution is 7.91. The molecule has 0 aliphatic carbocycles. The second-order valence-electron chi connectivity index (χ2n) is 6.92. The van der Waals surface area contributed by atoms with Crippen molar-refractivity contribution in [1.29, 1.82) is 0 Å². The van der Waals surface area contributed by atoms with Gasteiger partial charge in [-0.2, -0.15) is 0 Å². The van der Waals surface area contributed by atoms with Crippen LogP contribution in [0.3, 0.4) is 0 Å². The fourth-order valence-electron chi connectivity index (χ4n) is 4.37. The monoisotopic (exact) mass is 314 g/mol. The summed E-state index contributed by atoms with van der Waals surface area (Å²) in [5.41, 5.74) is 0. The molecule has 3 unspecified atom stereocenters. The maximum atomic E-state index is 12.6. The van der Waals surface area contributed by atoms with Crippen LogP contribution in [0, 0.1) is 5.92 Å². The number of piperidine rings is 1. The zero-order valence-corrected chi connectivity index (χ0v) is 13.6. The van der Waals surface area contributed by atoms with Gasteiger partial charge in [-0.3, -0.25) is 4.79 Å². The number of hydrogen-bond donors (Lipinski definition) is 1. The van der Waals surface area contributed by atoms with Crippen LogP contribution in [0.4, 0.5) is 0 Å². The van der Waals surface area contributed by atoms with Gasteiger partial charge in [0.2, 0.25) is 5.91 Å². The van der Waals surface area contributed by atoms with Crippen molar-refractivity contribution in [3.05, 3.63) is 0 Å². The summed E-state index contributed by atoms with van der Waals surface area (Å²) < 4.78 is 23.2. The molecule has 21 heavy (non-hydrogen) atoms. The van der Waals surface area contributed by atoms with Crippen LogP contribution in [0.25, 0.3) is 0 Å². The summed E-state index contributed by atoms with van der Waals surface area (Å²) in [7, 11) is -2.93. The zero-order chi connectivity index (χ0) is 15.0. The molecule has 3 fully saturated rings. The van der Waals surface area contributed by atoms with E-state index in [1.807, 2.05) is 11.8 Å². The molecule has 6 heteroatoms. The lowest BCUT2D eigenvalue weighted by Crippen LogP contribution is -2.44. The summed E-state index contributed by atoms with van der Waals surface area (Å²) >= 11 is 0. The number of nitrogens with one attached hydrogen (secondary N) is 1. The van der Waals surface area contributed by atoms with Crippen molar-refractivity contribution in [3.8, 4) is 0 Å². The van der Waals surface area contributed by atoms with Crippen molar-refractivity contribution in [2.75, 3.05) is 18.1 Å². The van der Waals surface area contributed by atoms with Crippen LogP contribution in [0.5, 0.6) is 0 Å². The van der Waals surface area contributed by atoms with Gasteiger partial charge >= 0.3 is 0 Å². The van der Waals surface area contributed by atoms with E-state index in [4.69, 9.17) is 0 Å². The minimum Gasteiger partial charge on any atom is -0.339 e. The number of hydrogen-bond acceptors (Lipinski definition) is 4. The normalized spacial score (nSPS) is 37.6. The van der Waals surface area contributed by atoms with Crippen LogP contribution >= 0.6 is 0 Å². The highest BCUT2D eigenvalue weighted by Gasteiger charge is 2.37. The molecule has 1 N–H and O–H groups in total. The molecule has 0 spiro atoms. The quantitative estimate of drug-likeness (QED) is 0.839. The molecule has 3 atom stereocenters. The van der Waals surface area contributed by atoms with E-state index in [1.54, 1.807) is 0 Å². The molecule has 3 saturated heterocycles. The number of carbonyl (C=O) groups excluding carboxylic acids is 1. The molecule has 3 heterocycles. The number of rotatable bonds is 4. The number of fused-ring (bicyclic) bond motifs is 2. The van der Waals surface area contributed by atoms with Gasteiger partial charge < -0.3 is 10.2 Å². The van der Waals surface area contributed by atoms with Crippen LogP contribution in [-0.4, -0.2) is 55.4 Å². The second kappa shape index (κ2) is 5.88. The number of amides is 1. The molecule has 3 rings (SSSR count).